The van der Waals surface area contributed by atoms with Gasteiger partial charge in [0.2, 0.25) is 11.0 Å². The maximum atomic E-state index is 12.2. The fraction of sp³-hybridized carbons (Fsp3) is 0.312. The van der Waals surface area contributed by atoms with Gasteiger partial charge in [-0.2, -0.15) is 10.3 Å². The van der Waals surface area contributed by atoms with Crippen LogP contribution in [0.4, 0.5) is 5.13 Å². The summed E-state index contributed by atoms with van der Waals surface area (Å²) < 4.78 is 0. The number of hydrogen-bond acceptors (Lipinski definition) is 6. The molecule has 130 valence electrons. The molecule has 0 aliphatic carbocycles. The van der Waals surface area contributed by atoms with Crippen LogP contribution in [-0.4, -0.2) is 21.8 Å². The van der Waals surface area contributed by atoms with Crippen LogP contribution in [-0.2, 0) is 11.3 Å². The maximum Gasteiger partial charge on any atom is 0.240 e. The first-order valence-corrected chi connectivity index (χ1v) is 8.47. The molecule has 0 spiro atoms. The van der Waals surface area contributed by atoms with Gasteiger partial charge in [-0.1, -0.05) is 13.0 Å². The first-order valence-electron chi connectivity index (χ1n) is 7.59. The van der Waals surface area contributed by atoms with Crippen LogP contribution in [0.25, 0.3) is 11.4 Å². The Morgan fingerprint density at radius 2 is 2.16 bits per heavy atom. The van der Waals surface area contributed by atoms with Crippen molar-refractivity contribution in [1.29, 1.82) is 5.26 Å². The Hall–Kier alpha value is -2.99. The molecule has 2 heterocycles. The summed E-state index contributed by atoms with van der Waals surface area (Å²) in [7, 11) is 0. The van der Waals surface area contributed by atoms with E-state index in [1.165, 1.54) is 11.3 Å². The van der Waals surface area contributed by atoms with Crippen molar-refractivity contribution in [3.8, 4) is 17.5 Å². The fourth-order valence-corrected chi connectivity index (χ4v) is 2.62. The van der Waals surface area contributed by atoms with Gasteiger partial charge in [-0.05, 0) is 25.5 Å². The molecule has 1 amide bonds. The molecule has 2 aromatic heterocycles. The largest absolute Gasteiger partial charge is 0.370 e. The van der Waals surface area contributed by atoms with Crippen LogP contribution in [0.1, 0.15) is 26.0 Å². The number of amides is 1. The van der Waals surface area contributed by atoms with Crippen molar-refractivity contribution in [1.82, 2.24) is 15.3 Å². The standard InChI is InChI=1S/C16H19N7OS/c1-3-16(2,9-17)13(24)20-7-10-5-4-6-11(21-10)12-8-25-15(22-12)23-14(18)19/h4-6,8H,3,7H2,1-2H3,(H,20,24)(H4,18,19,22,23). The van der Waals surface area contributed by atoms with E-state index >= 15 is 0 Å². The smallest absolute Gasteiger partial charge is 0.240 e. The highest BCUT2D eigenvalue weighted by molar-refractivity contribution is 7.13. The van der Waals surface area contributed by atoms with Gasteiger partial charge in [-0.3, -0.25) is 4.79 Å². The second kappa shape index (κ2) is 7.72. The van der Waals surface area contributed by atoms with Crippen molar-refractivity contribution in [2.45, 2.75) is 26.8 Å². The number of nitrogens with two attached hydrogens (primary N) is 2. The molecule has 5 N–H and O–H groups in total. The third kappa shape index (κ3) is 4.51. The van der Waals surface area contributed by atoms with Crippen LogP contribution >= 0.6 is 11.3 Å². The van der Waals surface area contributed by atoms with E-state index in [9.17, 15) is 4.79 Å². The molecule has 0 bridgehead atoms. The quantitative estimate of drug-likeness (QED) is 0.530. The third-order valence-corrected chi connectivity index (χ3v) is 4.41. The molecule has 2 aromatic rings. The number of aromatic nitrogens is 2. The maximum absolute atomic E-state index is 12.2. The number of guanidine groups is 1. The van der Waals surface area contributed by atoms with E-state index in [-0.39, 0.29) is 18.4 Å². The highest BCUT2D eigenvalue weighted by Gasteiger charge is 2.30. The molecule has 0 fully saturated rings. The number of pyridine rings is 1. The SMILES string of the molecule is CCC(C)(C#N)C(=O)NCc1cccc(-c2csc(N=C(N)N)n2)n1. The van der Waals surface area contributed by atoms with Gasteiger partial charge in [0.25, 0.3) is 0 Å². The Labute approximate surface area is 149 Å². The highest BCUT2D eigenvalue weighted by atomic mass is 32.1. The van der Waals surface area contributed by atoms with Crippen LogP contribution in [0.15, 0.2) is 28.6 Å². The second-order valence-electron chi connectivity index (χ2n) is 5.55. The summed E-state index contributed by atoms with van der Waals surface area (Å²) in [4.78, 5) is 24.8. The first kappa shape index (κ1) is 18.4. The minimum Gasteiger partial charge on any atom is -0.370 e. The second-order valence-corrected chi connectivity index (χ2v) is 6.38. The zero-order valence-electron chi connectivity index (χ0n) is 14.0. The van der Waals surface area contributed by atoms with Crippen molar-refractivity contribution >= 4 is 28.3 Å². The molecule has 0 saturated carbocycles. The summed E-state index contributed by atoms with van der Waals surface area (Å²) in [6.07, 6.45) is 0.440. The van der Waals surface area contributed by atoms with Gasteiger partial charge in [0.1, 0.15) is 11.1 Å². The Kier molecular flexibility index (Phi) is 5.67. The highest BCUT2D eigenvalue weighted by Crippen LogP contribution is 2.25. The third-order valence-electron chi connectivity index (χ3n) is 3.67. The van der Waals surface area contributed by atoms with Gasteiger partial charge in [0.05, 0.1) is 24.0 Å². The van der Waals surface area contributed by atoms with Crippen molar-refractivity contribution in [2.75, 3.05) is 0 Å². The van der Waals surface area contributed by atoms with Crippen LogP contribution < -0.4 is 16.8 Å². The van der Waals surface area contributed by atoms with E-state index in [4.69, 9.17) is 16.7 Å². The number of nitrogens with zero attached hydrogens (tertiary/aromatic N) is 4. The number of carbonyl (C=O) groups excluding carboxylic acids is 1. The average molecular weight is 357 g/mol. The Balaban J connectivity index is 2.12. The van der Waals surface area contributed by atoms with Crippen molar-refractivity contribution in [3.63, 3.8) is 0 Å². The Morgan fingerprint density at radius 3 is 2.80 bits per heavy atom. The lowest BCUT2D eigenvalue weighted by Crippen LogP contribution is -2.37. The van der Waals surface area contributed by atoms with Gasteiger partial charge in [-0.25, -0.2) is 9.97 Å². The van der Waals surface area contributed by atoms with E-state index in [0.29, 0.717) is 28.6 Å². The molecule has 0 aliphatic rings. The normalized spacial score (nSPS) is 12.7. The summed E-state index contributed by atoms with van der Waals surface area (Å²) >= 11 is 1.30. The van der Waals surface area contributed by atoms with E-state index in [1.54, 1.807) is 25.3 Å². The number of aliphatic imine (C=N–C) groups is 1. The van der Waals surface area contributed by atoms with E-state index in [2.05, 4.69) is 20.3 Å². The number of hydrogen-bond donors (Lipinski definition) is 3. The lowest BCUT2D eigenvalue weighted by molar-refractivity contribution is -0.127. The predicted molar refractivity (Wildman–Crippen MR) is 96.7 cm³/mol. The summed E-state index contributed by atoms with van der Waals surface area (Å²) in [6, 6.07) is 7.48. The zero-order chi connectivity index (χ0) is 18.4. The molecular weight excluding hydrogens is 338 g/mol. The molecule has 0 aromatic carbocycles. The Bertz CT molecular complexity index is 835. The van der Waals surface area contributed by atoms with E-state index < -0.39 is 5.41 Å². The Morgan fingerprint density at radius 1 is 1.40 bits per heavy atom. The number of rotatable bonds is 6. The molecule has 25 heavy (non-hydrogen) atoms. The van der Waals surface area contributed by atoms with Crippen molar-refractivity contribution in [2.24, 2.45) is 21.9 Å². The average Bonchev–Trinajstić information content (AvgIpc) is 3.07. The lowest BCUT2D eigenvalue weighted by Gasteiger charge is -2.18. The van der Waals surface area contributed by atoms with E-state index in [1.807, 2.05) is 18.2 Å². The minimum atomic E-state index is -1.04. The van der Waals surface area contributed by atoms with Crippen LogP contribution in [0.5, 0.6) is 0 Å². The number of carbonyl (C=O) groups is 1. The van der Waals surface area contributed by atoms with Gasteiger partial charge >= 0.3 is 0 Å². The number of nitrogens with one attached hydrogen (secondary N) is 1. The van der Waals surface area contributed by atoms with Crippen LogP contribution in [0, 0.1) is 16.7 Å². The fourth-order valence-electron chi connectivity index (χ4n) is 1.92. The summed E-state index contributed by atoms with van der Waals surface area (Å²) in [5.41, 5.74) is 11.6. The number of nitriles is 1. The topological polar surface area (TPSA) is 143 Å². The zero-order valence-corrected chi connectivity index (χ0v) is 14.8. The van der Waals surface area contributed by atoms with Crippen LogP contribution in [0.3, 0.4) is 0 Å². The molecule has 0 radical (unpaired) electrons. The monoisotopic (exact) mass is 357 g/mol. The summed E-state index contributed by atoms with van der Waals surface area (Å²) in [5, 5.41) is 14.2. The molecule has 0 aliphatic heterocycles. The molecule has 1 atom stereocenters. The predicted octanol–water partition coefficient (Wildman–Crippen LogP) is 1.67. The molecule has 2 rings (SSSR count). The van der Waals surface area contributed by atoms with Crippen LogP contribution in [0.2, 0.25) is 0 Å². The number of thiazole rings is 1. The van der Waals surface area contributed by atoms with Crippen molar-refractivity contribution in [3.05, 3.63) is 29.3 Å². The summed E-state index contributed by atoms with van der Waals surface area (Å²) in [5.74, 6) is -0.366. The lowest BCUT2D eigenvalue weighted by atomic mass is 9.88. The molecular formula is C16H19N7OS. The van der Waals surface area contributed by atoms with Gasteiger partial charge in [-0.15, -0.1) is 11.3 Å². The molecule has 8 nitrogen and oxygen atoms in total. The van der Waals surface area contributed by atoms with E-state index in [0.717, 1.165) is 0 Å². The van der Waals surface area contributed by atoms with Crippen molar-refractivity contribution < 1.29 is 4.79 Å². The van der Waals surface area contributed by atoms with Gasteiger partial charge < -0.3 is 16.8 Å². The summed E-state index contributed by atoms with van der Waals surface area (Å²) in [6.45, 7) is 3.65. The minimum absolute atomic E-state index is 0.0539. The molecule has 9 heteroatoms. The molecule has 1 unspecified atom stereocenters. The van der Waals surface area contributed by atoms with Gasteiger partial charge in [0, 0.05) is 5.38 Å². The first-order chi connectivity index (χ1) is 11.9. The molecule has 0 saturated heterocycles. The van der Waals surface area contributed by atoms with Gasteiger partial charge in [0.15, 0.2) is 5.96 Å².